The minimum Gasteiger partial charge on any atom is -0.340 e. The second-order valence-electron chi connectivity index (χ2n) is 4.60. The van der Waals surface area contributed by atoms with Crippen molar-refractivity contribution in [1.29, 1.82) is 0 Å². The minimum absolute atomic E-state index is 0.253. The van der Waals surface area contributed by atoms with Gasteiger partial charge in [0, 0.05) is 24.5 Å². The average Bonchev–Trinajstić information content (AvgIpc) is 2.83. The van der Waals surface area contributed by atoms with Crippen LogP contribution in [0.15, 0.2) is 30.5 Å². The Balaban J connectivity index is 2.05. The standard InChI is InChI=1S/C14H13N3O3/c18-9-8-16-6-4-10-11(16)2-1-3-12(10)17-7-5-13(19)15-14(17)20/h1-4,6,9H,5,7-8H2,(H,15,19,20). The maximum atomic E-state index is 11.9. The Bertz CT molecular complexity index is 705. The fourth-order valence-electron chi connectivity index (χ4n) is 2.48. The van der Waals surface area contributed by atoms with Crippen LogP contribution in [0.4, 0.5) is 10.5 Å². The van der Waals surface area contributed by atoms with Crippen LogP contribution in [0.1, 0.15) is 6.42 Å². The van der Waals surface area contributed by atoms with Crippen LogP contribution in [-0.2, 0) is 16.1 Å². The van der Waals surface area contributed by atoms with Crippen molar-refractivity contribution in [2.24, 2.45) is 0 Å². The number of nitrogens with zero attached hydrogens (tertiary/aromatic N) is 2. The highest BCUT2D eigenvalue weighted by Gasteiger charge is 2.25. The van der Waals surface area contributed by atoms with Crippen molar-refractivity contribution < 1.29 is 14.4 Å². The predicted molar refractivity (Wildman–Crippen MR) is 73.5 cm³/mol. The summed E-state index contributed by atoms with van der Waals surface area (Å²) >= 11 is 0. The lowest BCUT2D eigenvalue weighted by Gasteiger charge is -2.27. The first-order valence-corrected chi connectivity index (χ1v) is 6.33. The Labute approximate surface area is 115 Å². The van der Waals surface area contributed by atoms with Crippen molar-refractivity contribution in [1.82, 2.24) is 9.88 Å². The van der Waals surface area contributed by atoms with Gasteiger partial charge in [0.05, 0.1) is 17.7 Å². The first-order valence-electron chi connectivity index (χ1n) is 6.33. The maximum absolute atomic E-state index is 11.9. The van der Waals surface area contributed by atoms with Gasteiger partial charge in [0.15, 0.2) is 0 Å². The first-order chi connectivity index (χ1) is 9.70. The molecule has 102 valence electrons. The Morgan fingerprint density at radius 1 is 1.25 bits per heavy atom. The molecule has 3 rings (SSSR count). The van der Waals surface area contributed by atoms with Crippen molar-refractivity contribution in [3.05, 3.63) is 30.5 Å². The number of anilines is 1. The lowest BCUT2D eigenvalue weighted by atomic mass is 10.1. The van der Waals surface area contributed by atoms with Gasteiger partial charge in [-0.1, -0.05) is 6.07 Å². The second-order valence-corrected chi connectivity index (χ2v) is 4.60. The molecule has 1 aromatic carbocycles. The van der Waals surface area contributed by atoms with E-state index in [1.165, 1.54) is 0 Å². The normalized spacial score (nSPS) is 15.5. The van der Waals surface area contributed by atoms with Gasteiger partial charge in [-0.25, -0.2) is 4.79 Å². The molecule has 1 aromatic heterocycles. The number of aldehydes is 1. The van der Waals surface area contributed by atoms with Crippen LogP contribution in [0.5, 0.6) is 0 Å². The number of aromatic nitrogens is 1. The van der Waals surface area contributed by atoms with E-state index in [1.807, 2.05) is 35.0 Å². The zero-order chi connectivity index (χ0) is 14.1. The van der Waals surface area contributed by atoms with E-state index in [0.29, 0.717) is 6.54 Å². The van der Waals surface area contributed by atoms with Crippen molar-refractivity contribution >= 4 is 34.8 Å². The number of urea groups is 1. The molecule has 1 fully saturated rings. The summed E-state index contributed by atoms with van der Waals surface area (Å²) in [4.78, 5) is 35.3. The topological polar surface area (TPSA) is 71.4 Å². The van der Waals surface area contributed by atoms with E-state index in [4.69, 9.17) is 0 Å². The monoisotopic (exact) mass is 271 g/mol. The lowest BCUT2D eigenvalue weighted by Crippen LogP contribution is -2.49. The van der Waals surface area contributed by atoms with Gasteiger partial charge in [-0.2, -0.15) is 0 Å². The van der Waals surface area contributed by atoms with Crippen LogP contribution in [-0.4, -0.2) is 29.3 Å². The largest absolute Gasteiger partial charge is 0.340 e. The number of amides is 3. The van der Waals surface area contributed by atoms with Crippen LogP contribution in [0.3, 0.4) is 0 Å². The molecular weight excluding hydrogens is 258 g/mol. The molecule has 2 heterocycles. The molecule has 2 aromatic rings. The van der Waals surface area contributed by atoms with Gasteiger partial charge in [0.25, 0.3) is 0 Å². The molecule has 0 unspecified atom stereocenters. The third-order valence-corrected chi connectivity index (χ3v) is 3.41. The van der Waals surface area contributed by atoms with Crippen molar-refractivity contribution in [3.63, 3.8) is 0 Å². The van der Waals surface area contributed by atoms with Gasteiger partial charge in [-0.3, -0.25) is 15.0 Å². The number of fused-ring (bicyclic) bond motifs is 1. The Morgan fingerprint density at radius 3 is 2.85 bits per heavy atom. The molecule has 6 heteroatoms. The van der Waals surface area contributed by atoms with Crippen LogP contribution < -0.4 is 10.2 Å². The summed E-state index contributed by atoms with van der Waals surface area (Å²) < 4.78 is 1.82. The zero-order valence-electron chi connectivity index (χ0n) is 10.7. The quantitative estimate of drug-likeness (QED) is 0.855. The molecule has 3 amide bonds. The molecule has 0 saturated carbocycles. The highest BCUT2D eigenvalue weighted by atomic mass is 16.2. The summed E-state index contributed by atoms with van der Waals surface area (Å²) in [7, 11) is 0. The summed E-state index contributed by atoms with van der Waals surface area (Å²) in [6, 6.07) is 7.04. The summed E-state index contributed by atoms with van der Waals surface area (Å²) in [5.74, 6) is -0.253. The maximum Gasteiger partial charge on any atom is 0.328 e. The Hall–Kier alpha value is -2.63. The molecule has 20 heavy (non-hydrogen) atoms. The minimum atomic E-state index is -0.406. The fourth-order valence-corrected chi connectivity index (χ4v) is 2.48. The highest BCUT2D eigenvalue weighted by molar-refractivity contribution is 6.09. The zero-order valence-corrected chi connectivity index (χ0v) is 10.7. The third-order valence-electron chi connectivity index (χ3n) is 3.41. The molecule has 1 aliphatic rings. The molecule has 0 bridgehead atoms. The van der Waals surface area contributed by atoms with Crippen molar-refractivity contribution in [3.8, 4) is 0 Å². The van der Waals surface area contributed by atoms with E-state index in [1.54, 1.807) is 4.90 Å². The fraction of sp³-hybridized carbons (Fsp3) is 0.214. The third kappa shape index (κ3) is 1.95. The average molecular weight is 271 g/mol. The number of nitrogens with one attached hydrogen (secondary N) is 1. The number of rotatable bonds is 3. The van der Waals surface area contributed by atoms with Crippen LogP contribution in [0.25, 0.3) is 10.9 Å². The summed E-state index contributed by atoms with van der Waals surface area (Å²) in [6.45, 7) is 0.639. The first kappa shape index (κ1) is 12.4. The SMILES string of the molecule is O=CCn1ccc2c(N3CCC(=O)NC3=O)cccc21. The van der Waals surface area contributed by atoms with Crippen molar-refractivity contribution in [2.45, 2.75) is 13.0 Å². The van der Waals surface area contributed by atoms with Gasteiger partial charge < -0.3 is 9.36 Å². The molecule has 0 radical (unpaired) electrons. The van der Waals surface area contributed by atoms with E-state index in [2.05, 4.69) is 5.32 Å². The van der Waals surface area contributed by atoms with Crippen LogP contribution in [0, 0.1) is 0 Å². The van der Waals surface area contributed by atoms with Crippen molar-refractivity contribution in [2.75, 3.05) is 11.4 Å². The summed E-state index contributed by atoms with van der Waals surface area (Å²) in [6.07, 6.45) is 2.94. The molecule has 0 aliphatic carbocycles. The Morgan fingerprint density at radius 2 is 2.10 bits per heavy atom. The number of imide groups is 1. The Kier molecular flexibility index (Phi) is 2.98. The number of benzene rings is 1. The van der Waals surface area contributed by atoms with Gasteiger partial charge in [-0.05, 0) is 18.2 Å². The molecule has 0 spiro atoms. The van der Waals surface area contributed by atoms with E-state index in [9.17, 15) is 14.4 Å². The number of carbonyl (C=O) groups excluding carboxylic acids is 3. The highest BCUT2D eigenvalue weighted by Crippen LogP contribution is 2.28. The number of carbonyl (C=O) groups is 3. The van der Waals surface area contributed by atoms with Gasteiger partial charge in [0.1, 0.15) is 6.29 Å². The smallest absolute Gasteiger partial charge is 0.328 e. The van der Waals surface area contributed by atoms with E-state index in [0.717, 1.165) is 22.9 Å². The summed E-state index contributed by atoms with van der Waals surface area (Å²) in [5, 5.41) is 3.20. The van der Waals surface area contributed by atoms with Gasteiger partial charge in [0.2, 0.25) is 5.91 Å². The van der Waals surface area contributed by atoms with Crippen LogP contribution in [0.2, 0.25) is 0 Å². The molecular formula is C14H13N3O3. The van der Waals surface area contributed by atoms with E-state index in [-0.39, 0.29) is 18.9 Å². The summed E-state index contributed by atoms with van der Waals surface area (Å²) in [5.41, 5.74) is 1.64. The molecule has 1 saturated heterocycles. The lowest BCUT2D eigenvalue weighted by molar-refractivity contribution is -0.120. The molecule has 1 N–H and O–H groups in total. The van der Waals surface area contributed by atoms with E-state index < -0.39 is 6.03 Å². The van der Waals surface area contributed by atoms with Gasteiger partial charge in [-0.15, -0.1) is 0 Å². The van der Waals surface area contributed by atoms with Crippen LogP contribution >= 0.6 is 0 Å². The molecule has 6 nitrogen and oxygen atoms in total. The van der Waals surface area contributed by atoms with E-state index >= 15 is 0 Å². The molecule has 1 aliphatic heterocycles. The van der Waals surface area contributed by atoms with Gasteiger partial charge >= 0.3 is 6.03 Å². The number of hydrogen-bond donors (Lipinski definition) is 1. The molecule has 0 atom stereocenters. The number of hydrogen-bond acceptors (Lipinski definition) is 3. The predicted octanol–water partition coefficient (Wildman–Crippen LogP) is 1.29. The second kappa shape index (κ2) is 4.80.